The van der Waals surface area contributed by atoms with Crippen molar-refractivity contribution < 1.29 is 23.8 Å². The molecular weight excluding hydrogens is 336 g/mol. The first-order valence-electron chi connectivity index (χ1n) is 8.20. The zero-order valence-electron chi connectivity index (χ0n) is 14.8. The molecule has 26 heavy (non-hydrogen) atoms. The minimum Gasteiger partial charge on any atom is -0.494 e. The Labute approximate surface area is 152 Å². The molecule has 0 bridgehead atoms. The summed E-state index contributed by atoms with van der Waals surface area (Å²) in [5.74, 6) is 0.918. The van der Waals surface area contributed by atoms with Crippen LogP contribution in [-0.4, -0.2) is 31.6 Å². The van der Waals surface area contributed by atoms with Gasteiger partial charge in [0.1, 0.15) is 17.2 Å². The average molecular weight is 358 g/mol. The molecule has 2 amide bonds. The Morgan fingerprint density at radius 1 is 0.808 bits per heavy atom. The average Bonchev–Trinajstić information content (AvgIpc) is 2.65. The van der Waals surface area contributed by atoms with E-state index in [0.29, 0.717) is 18.1 Å². The Morgan fingerprint density at radius 2 is 1.35 bits per heavy atom. The molecular formula is C19H22N2O5. The molecule has 0 fully saturated rings. The maximum absolute atomic E-state index is 11.7. The van der Waals surface area contributed by atoms with Gasteiger partial charge in [-0.25, -0.2) is 0 Å². The lowest BCUT2D eigenvalue weighted by Gasteiger charge is -2.11. The Balaban J connectivity index is 1.66. The summed E-state index contributed by atoms with van der Waals surface area (Å²) in [5.41, 5.74) is 5.46. The lowest BCUT2D eigenvalue weighted by atomic mass is 10.2. The number of rotatable bonds is 8. The van der Waals surface area contributed by atoms with Crippen molar-refractivity contribution in [2.75, 3.05) is 19.8 Å². The molecule has 0 spiro atoms. The first-order valence-corrected chi connectivity index (χ1v) is 8.20. The van der Waals surface area contributed by atoms with Crippen molar-refractivity contribution in [3.8, 4) is 17.2 Å². The molecule has 0 saturated carbocycles. The maximum Gasteiger partial charge on any atom is 0.276 e. The molecule has 2 aromatic rings. The summed E-state index contributed by atoms with van der Waals surface area (Å²) in [6.45, 7) is 3.93. The van der Waals surface area contributed by atoms with Crippen LogP contribution in [0, 0.1) is 6.92 Å². The Morgan fingerprint density at radius 3 is 1.92 bits per heavy atom. The van der Waals surface area contributed by atoms with Crippen LogP contribution < -0.4 is 25.1 Å². The third-order valence-electron chi connectivity index (χ3n) is 3.30. The van der Waals surface area contributed by atoms with E-state index in [4.69, 9.17) is 14.2 Å². The van der Waals surface area contributed by atoms with Gasteiger partial charge in [-0.3, -0.25) is 20.4 Å². The molecule has 2 N–H and O–H groups in total. The zero-order valence-corrected chi connectivity index (χ0v) is 14.8. The Hall–Kier alpha value is -3.22. The van der Waals surface area contributed by atoms with Crippen molar-refractivity contribution in [2.45, 2.75) is 13.8 Å². The number of carbonyl (C=O) groups excluding carboxylic acids is 2. The van der Waals surface area contributed by atoms with Crippen molar-refractivity contribution >= 4 is 11.8 Å². The number of aryl methyl sites for hydroxylation is 1. The smallest absolute Gasteiger partial charge is 0.276 e. The van der Waals surface area contributed by atoms with E-state index >= 15 is 0 Å². The summed E-state index contributed by atoms with van der Waals surface area (Å²) in [6.07, 6.45) is 0. The van der Waals surface area contributed by atoms with Gasteiger partial charge in [-0.1, -0.05) is 18.2 Å². The summed E-state index contributed by atoms with van der Waals surface area (Å²) in [4.78, 5) is 23.4. The van der Waals surface area contributed by atoms with Crippen LogP contribution in [0.15, 0.2) is 48.5 Å². The molecule has 7 heteroatoms. The fourth-order valence-electron chi connectivity index (χ4n) is 2.02. The van der Waals surface area contributed by atoms with Crippen molar-refractivity contribution in [3.05, 3.63) is 54.1 Å². The van der Waals surface area contributed by atoms with Crippen LogP contribution in [-0.2, 0) is 9.59 Å². The number of benzene rings is 2. The molecule has 7 nitrogen and oxygen atoms in total. The van der Waals surface area contributed by atoms with Crippen LogP contribution in [0.3, 0.4) is 0 Å². The van der Waals surface area contributed by atoms with E-state index in [1.54, 1.807) is 30.3 Å². The van der Waals surface area contributed by atoms with Gasteiger partial charge < -0.3 is 14.2 Å². The first-order chi connectivity index (χ1) is 12.6. The molecule has 0 aliphatic carbocycles. The second-order valence-electron chi connectivity index (χ2n) is 5.34. The minimum absolute atomic E-state index is 0.203. The number of amides is 2. The maximum atomic E-state index is 11.7. The number of hydrogen-bond acceptors (Lipinski definition) is 5. The molecule has 0 unspecified atom stereocenters. The standard InChI is InChI=1S/C19H22N2O5/c1-3-24-15-8-10-16(11-9-15)25-12-18(22)20-21-19(23)13-26-17-7-5-4-6-14(17)2/h4-11H,3,12-13H2,1-2H3,(H,20,22)(H,21,23). The molecule has 2 rings (SSSR count). The highest BCUT2D eigenvalue weighted by molar-refractivity contribution is 5.83. The van der Waals surface area contributed by atoms with E-state index in [9.17, 15) is 9.59 Å². The van der Waals surface area contributed by atoms with Crippen molar-refractivity contribution in [3.63, 3.8) is 0 Å². The van der Waals surface area contributed by atoms with Gasteiger partial charge in [0.25, 0.3) is 11.8 Å². The SMILES string of the molecule is CCOc1ccc(OCC(=O)NNC(=O)COc2ccccc2C)cc1. The van der Waals surface area contributed by atoms with E-state index in [2.05, 4.69) is 10.9 Å². The van der Waals surface area contributed by atoms with Gasteiger partial charge >= 0.3 is 0 Å². The highest BCUT2D eigenvalue weighted by Crippen LogP contribution is 2.17. The van der Waals surface area contributed by atoms with E-state index in [0.717, 1.165) is 11.3 Å². The normalized spacial score (nSPS) is 9.92. The molecule has 0 aliphatic rings. The van der Waals surface area contributed by atoms with E-state index in [1.807, 2.05) is 32.0 Å². The predicted molar refractivity (Wildman–Crippen MR) is 96.1 cm³/mol. The molecule has 2 aromatic carbocycles. The summed E-state index contributed by atoms with van der Waals surface area (Å²) in [6, 6.07) is 14.3. The van der Waals surface area contributed by atoms with Crippen molar-refractivity contribution in [1.29, 1.82) is 0 Å². The summed E-state index contributed by atoms with van der Waals surface area (Å²) in [5, 5.41) is 0. The van der Waals surface area contributed by atoms with Crippen LogP contribution in [0.25, 0.3) is 0 Å². The summed E-state index contributed by atoms with van der Waals surface area (Å²) >= 11 is 0. The number of para-hydroxylation sites is 1. The highest BCUT2D eigenvalue weighted by Gasteiger charge is 2.07. The topological polar surface area (TPSA) is 85.9 Å². The summed E-state index contributed by atoms with van der Waals surface area (Å²) in [7, 11) is 0. The second-order valence-corrected chi connectivity index (χ2v) is 5.34. The Kier molecular flexibility index (Phi) is 7.30. The Bertz CT molecular complexity index is 731. The molecule has 0 atom stereocenters. The van der Waals surface area contributed by atoms with Crippen LogP contribution in [0.2, 0.25) is 0 Å². The quantitative estimate of drug-likeness (QED) is 0.705. The highest BCUT2D eigenvalue weighted by atomic mass is 16.5. The second kappa shape index (κ2) is 9.93. The monoisotopic (exact) mass is 358 g/mol. The molecule has 0 heterocycles. The molecule has 0 saturated heterocycles. The van der Waals surface area contributed by atoms with Crippen LogP contribution in [0.5, 0.6) is 17.2 Å². The van der Waals surface area contributed by atoms with Gasteiger partial charge in [0, 0.05) is 0 Å². The molecule has 138 valence electrons. The van der Waals surface area contributed by atoms with E-state index in [1.165, 1.54) is 0 Å². The molecule has 0 aromatic heterocycles. The number of hydrogen-bond donors (Lipinski definition) is 2. The summed E-state index contributed by atoms with van der Waals surface area (Å²) < 4.78 is 16.0. The van der Waals surface area contributed by atoms with Crippen molar-refractivity contribution in [2.24, 2.45) is 0 Å². The van der Waals surface area contributed by atoms with E-state index in [-0.39, 0.29) is 13.2 Å². The molecule has 0 radical (unpaired) electrons. The number of ether oxygens (including phenoxy) is 3. The first kappa shape index (κ1) is 19.1. The largest absolute Gasteiger partial charge is 0.494 e. The van der Waals surface area contributed by atoms with Crippen LogP contribution in [0.4, 0.5) is 0 Å². The number of hydrazine groups is 1. The van der Waals surface area contributed by atoms with Crippen LogP contribution >= 0.6 is 0 Å². The fourth-order valence-corrected chi connectivity index (χ4v) is 2.02. The van der Waals surface area contributed by atoms with Gasteiger partial charge in [-0.2, -0.15) is 0 Å². The zero-order chi connectivity index (χ0) is 18.8. The number of carbonyl (C=O) groups is 2. The molecule has 0 aliphatic heterocycles. The lowest BCUT2D eigenvalue weighted by Crippen LogP contribution is -2.45. The van der Waals surface area contributed by atoms with E-state index < -0.39 is 11.8 Å². The van der Waals surface area contributed by atoms with Crippen LogP contribution in [0.1, 0.15) is 12.5 Å². The minimum atomic E-state index is -0.483. The van der Waals surface area contributed by atoms with Gasteiger partial charge in [0.15, 0.2) is 13.2 Å². The lowest BCUT2D eigenvalue weighted by molar-refractivity contribution is -0.131. The number of nitrogens with one attached hydrogen (secondary N) is 2. The van der Waals surface area contributed by atoms with Gasteiger partial charge in [0.2, 0.25) is 0 Å². The third-order valence-corrected chi connectivity index (χ3v) is 3.30. The van der Waals surface area contributed by atoms with Gasteiger partial charge in [-0.15, -0.1) is 0 Å². The van der Waals surface area contributed by atoms with Gasteiger partial charge in [-0.05, 0) is 49.7 Å². The predicted octanol–water partition coefficient (Wildman–Crippen LogP) is 2.00. The fraction of sp³-hybridized carbons (Fsp3) is 0.263. The third kappa shape index (κ3) is 6.35. The van der Waals surface area contributed by atoms with Crippen molar-refractivity contribution in [1.82, 2.24) is 10.9 Å². The van der Waals surface area contributed by atoms with Gasteiger partial charge in [0.05, 0.1) is 6.61 Å².